The Morgan fingerprint density at radius 3 is 2.18 bits per heavy atom. The molecular formula is C15H14N2O5. The summed E-state index contributed by atoms with van der Waals surface area (Å²) in [5, 5.41) is 9.24. The summed E-state index contributed by atoms with van der Waals surface area (Å²) in [6.45, 7) is 0. The van der Waals surface area contributed by atoms with Crippen LogP contribution in [0.1, 0.15) is 45.6 Å². The van der Waals surface area contributed by atoms with Crippen molar-refractivity contribution in [3.05, 3.63) is 22.5 Å². The fourth-order valence-corrected chi connectivity index (χ4v) is 4.07. The summed E-state index contributed by atoms with van der Waals surface area (Å²) < 4.78 is 9.65. The molecule has 1 saturated carbocycles. The summed E-state index contributed by atoms with van der Waals surface area (Å²) in [5.41, 5.74) is 1.93. The van der Waals surface area contributed by atoms with E-state index in [4.69, 9.17) is 9.47 Å². The highest BCUT2D eigenvalue weighted by Gasteiger charge is 2.59. The number of nitrogens with one attached hydrogen (secondary N) is 1. The number of H-pyrrole nitrogens is 1. The van der Waals surface area contributed by atoms with Gasteiger partial charge in [-0.05, 0) is 17.5 Å². The largest absolute Gasteiger partial charge is 0.469 e. The van der Waals surface area contributed by atoms with Gasteiger partial charge in [0.15, 0.2) is 6.29 Å². The average molecular weight is 302 g/mol. The highest BCUT2D eigenvalue weighted by Crippen LogP contribution is 2.61. The molecule has 114 valence electrons. The van der Waals surface area contributed by atoms with Crippen molar-refractivity contribution in [2.45, 2.75) is 18.3 Å². The minimum absolute atomic E-state index is 0.279. The van der Waals surface area contributed by atoms with Gasteiger partial charge in [-0.3, -0.25) is 14.4 Å². The van der Waals surface area contributed by atoms with Gasteiger partial charge in [-0.1, -0.05) is 0 Å². The van der Waals surface area contributed by atoms with Crippen LogP contribution < -0.4 is 0 Å². The molecule has 1 aromatic heterocycles. The second-order valence-corrected chi connectivity index (χ2v) is 5.52. The van der Waals surface area contributed by atoms with E-state index in [2.05, 4.69) is 4.98 Å². The fourth-order valence-electron chi connectivity index (χ4n) is 4.07. The molecule has 0 radical (unpaired) electrons. The first kappa shape index (κ1) is 14.3. The zero-order valence-electron chi connectivity index (χ0n) is 12.1. The maximum absolute atomic E-state index is 12.1. The van der Waals surface area contributed by atoms with Crippen molar-refractivity contribution in [3.63, 3.8) is 0 Å². The van der Waals surface area contributed by atoms with Gasteiger partial charge < -0.3 is 14.5 Å². The van der Waals surface area contributed by atoms with Gasteiger partial charge in [0, 0.05) is 11.8 Å². The van der Waals surface area contributed by atoms with Crippen LogP contribution in [0.4, 0.5) is 0 Å². The molecule has 1 aromatic rings. The Kier molecular flexibility index (Phi) is 3.24. The normalized spacial score (nSPS) is 27.9. The number of fused-ring (bicyclic) bond motifs is 5. The van der Waals surface area contributed by atoms with E-state index >= 15 is 0 Å². The highest BCUT2D eigenvalue weighted by molar-refractivity contribution is 5.88. The van der Waals surface area contributed by atoms with Gasteiger partial charge in [0.05, 0.1) is 31.7 Å². The summed E-state index contributed by atoms with van der Waals surface area (Å²) in [5.74, 6) is -2.98. The molecule has 4 atom stereocenters. The van der Waals surface area contributed by atoms with E-state index in [-0.39, 0.29) is 17.5 Å². The number of nitrogens with zero attached hydrogens (tertiary/aromatic N) is 1. The van der Waals surface area contributed by atoms with Crippen molar-refractivity contribution in [3.8, 4) is 6.07 Å². The summed E-state index contributed by atoms with van der Waals surface area (Å²) in [4.78, 5) is 38.3. The maximum Gasteiger partial charge on any atom is 0.310 e. The Morgan fingerprint density at radius 1 is 1.18 bits per heavy atom. The number of aldehydes is 1. The molecule has 22 heavy (non-hydrogen) atoms. The molecule has 1 heterocycles. The smallest absolute Gasteiger partial charge is 0.310 e. The number of hydrogen-bond donors (Lipinski definition) is 1. The monoisotopic (exact) mass is 302 g/mol. The van der Waals surface area contributed by atoms with Crippen LogP contribution in [-0.2, 0) is 19.1 Å². The summed E-state index contributed by atoms with van der Waals surface area (Å²) in [7, 11) is 2.53. The van der Waals surface area contributed by atoms with Crippen molar-refractivity contribution in [1.29, 1.82) is 5.26 Å². The molecule has 1 N–H and O–H groups in total. The highest BCUT2D eigenvalue weighted by atomic mass is 16.5. The van der Waals surface area contributed by atoms with Crippen LogP contribution >= 0.6 is 0 Å². The molecular weight excluding hydrogens is 288 g/mol. The van der Waals surface area contributed by atoms with Crippen LogP contribution in [0.15, 0.2) is 0 Å². The summed E-state index contributed by atoms with van der Waals surface area (Å²) >= 11 is 0. The molecule has 0 spiro atoms. The van der Waals surface area contributed by atoms with Crippen molar-refractivity contribution in [2.75, 3.05) is 14.2 Å². The molecule has 0 aliphatic heterocycles. The Morgan fingerprint density at radius 2 is 1.73 bits per heavy atom. The van der Waals surface area contributed by atoms with Crippen molar-refractivity contribution in [1.82, 2.24) is 4.98 Å². The van der Waals surface area contributed by atoms with E-state index in [1.54, 1.807) is 0 Å². The van der Waals surface area contributed by atoms with E-state index < -0.39 is 23.8 Å². The lowest BCUT2D eigenvalue weighted by Gasteiger charge is -2.27. The molecule has 0 amide bonds. The number of carbonyl (C=O) groups is 3. The molecule has 0 unspecified atom stereocenters. The number of aromatic nitrogens is 1. The van der Waals surface area contributed by atoms with Crippen molar-refractivity contribution in [2.24, 2.45) is 11.8 Å². The fraction of sp³-hybridized carbons (Fsp3) is 0.467. The van der Waals surface area contributed by atoms with Crippen LogP contribution in [0.25, 0.3) is 0 Å². The van der Waals surface area contributed by atoms with Gasteiger partial charge in [0.2, 0.25) is 0 Å². The van der Waals surface area contributed by atoms with E-state index in [1.807, 2.05) is 6.07 Å². The van der Waals surface area contributed by atoms with Gasteiger partial charge in [-0.25, -0.2) is 0 Å². The minimum atomic E-state index is -0.684. The van der Waals surface area contributed by atoms with Gasteiger partial charge >= 0.3 is 11.9 Å². The van der Waals surface area contributed by atoms with Crippen LogP contribution in [-0.4, -0.2) is 37.4 Å². The van der Waals surface area contributed by atoms with E-state index in [1.165, 1.54) is 14.2 Å². The Labute approximate surface area is 126 Å². The van der Waals surface area contributed by atoms with Gasteiger partial charge in [0.25, 0.3) is 0 Å². The summed E-state index contributed by atoms with van der Waals surface area (Å²) in [6.07, 6.45) is 1.18. The zero-order valence-corrected chi connectivity index (χ0v) is 12.1. The van der Waals surface area contributed by atoms with Gasteiger partial charge in [-0.2, -0.15) is 5.26 Å². The number of esters is 2. The lowest BCUT2D eigenvalue weighted by molar-refractivity contribution is -0.157. The van der Waals surface area contributed by atoms with Gasteiger partial charge in [0.1, 0.15) is 11.8 Å². The second-order valence-electron chi connectivity index (χ2n) is 5.52. The molecule has 7 heteroatoms. The van der Waals surface area contributed by atoms with Gasteiger partial charge in [-0.15, -0.1) is 0 Å². The number of methoxy groups -OCH3 is 2. The van der Waals surface area contributed by atoms with Crippen LogP contribution in [0.3, 0.4) is 0 Å². The maximum atomic E-state index is 12.1. The first-order valence-corrected chi connectivity index (χ1v) is 6.85. The molecule has 1 fully saturated rings. The van der Waals surface area contributed by atoms with Crippen LogP contribution in [0, 0.1) is 23.2 Å². The topological polar surface area (TPSA) is 109 Å². The molecule has 0 saturated heterocycles. The molecule has 3 rings (SSSR count). The van der Waals surface area contributed by atoms with E-state index in [9.17, 15) is 19.6 Å². The molecule has 0 aromatic carbocycles. The second kappa shape index (κ2) is 4.98. The number of aromatic amines is 1. The number of hydrogen-bond acceptors (Lipinski definition) is 6. The SMILES string of the molecule is COC(=O)[C@H]1[C@H](C(=O)OC)[C@H]2C[C@@H]1c1c(C#N)[nH]c(C=O)c12. The average Bonchev–Trinajstić information content (AvgIpc) is 3.20. The lowest BCUT2D eigenvalue weighted by atomic mass is 9.76. The predicted molar refractivity (Wildman–Crippen MR) is 72.0 cm³/mol. The Balaban J connectivity index is 2.17. The standard InChI is InChI=1S/C15H14N2O5/c1-21-14(19)12-6-3-7(13(12)15(20)22-2)11-9(5-18)17-8(4-16)10(6)11/h5-7,12-13,17H,3H2,1-2H3/t6-,7+,12-,13-/m1/s1. The third-order valence-corrected chi connectivity index (χ3v) is 4.79. The van der Waals surface area contributed by atoms with Crippen molar-refractivity contribution >= 4 is 18.2 Å². The Hall–Kier alpha value is -2.62. The molecule has 2 aliphatic carbocycles. The van der Waals surface area contributed by atoms with Crippen molar-refractivity contribution < 1.29 is 23.9 Å². The number of ether oxygens (including phenoxy) is 2. The van der Waals surface area contributed by atoms with Crippen LogP contribution in [0.2, 0.25) is 0 Å². The predicted octanol–water partition coefficient (Wildman–Crippen LogP) is 0.862. The minimum Gasteiger partial charge on any atom is -0.469 e. The number of nitriles is 1. The first-order valence-electron chi connectivity index (χ1n) is 6.85. The third kappa shape index (κ3) is 1.64. The third-order valence-electron chi connectivity index (χ3n) is 4.79. The Bertz CT molecular complexity index is 714. The zero-order chi connectivity index (χ0) is 16.0. The van der Waals surface area contributed by atoms with E-state index in [0.717, 1.165) is 0 Å². The summed E-state index contributed by atoms with van der Waals surface area (Å²) in [6, 6.07) is 2.02. The first-order chi connectivity index (χ1) is 10.6. The molecule has 7 nitrogen and oxygen atoms in total. The van der Waals surface area contributed by atoms with E-state index in [0.29, 0.717) is 29.5 Å². The molecule has 2 bridgehead atoms. The number of carbonyl (C=O) groups excluding carboxylic acids is 3. The van der Waals surface area contributed by atoms with Crippen LogP contribution in [0.5, 0.6) is 0 Å². The number of rotatable bonds is 3. The quantitative estimate of drug-likeness (QED) is 0.655. The molecule has 2 aliphatic rings. The lowest BCUT2D eigenvalue weighted by Crippen LogP contribution is -2.35.